The maximum absolute atomic E-state index is 12.7. The smallest absolute Gasteiger partial charge is 0.306 e. The Morgan fingerprint density at radius 2 is 0.861 bits per heavy atom. The Bertz CT molecular complexity index is 1920. The molecule has 0 N–H and O–H groups in total. The number of allylic oxidation sites excluding steroid dienone is 2. The summed E-state index contributed by atoms with van der Waals surface area (Å²) in [5, 5.41) is 0.101. The summed E-state index contributed by atoms with van der Waals surface area (Å²) in [5.41, 5.74) is 2.57. The highest BCUT2D eigenvalue weighted by molar-refractivity contribution is 6.74. The lowest BCUT2D eigenvalue weighted by molar-refractivity contribution is -0.143. The zero-order valence-corrected chi connectivity index (χ0v) is 54.2. The average molecular weight is 1120 g/mol. The number of hydrogen-bond acceptors (Lipinski definition) is 8. The minimum Gasteiger partial charge on any atom is -0.461 e. The number of carbonyl (C=O) groups excluding carboxylic acids is 2. The molecule has 0 aromatic heterocycles. The van der Waals surface area contributed by atoms with Crippen molar-refractivity contribution in [3.8, 4) is 0 Å². The van der Waals surface area contributed by atoms with Crippen LogP contribution in [-0.4, -0.2) is 85.1 Å². The van der Waals surface area contributed by atoms with Crippen LogP contribution in [0.15, 0.2) is 115 Å². The SMILES string of the molecule is CCCCCC/C=C\COC(=O)CCCCCC(CN(CCCCOC(c1ccccc1)(c1ccccc1)c1ccccc1)CC(CCCCCC(=O)OC/C=C\CCCCCC)O[Si](C)(C)C(C)(C)C)O[Si](C)(C)C(C)(C)C. The van der Waals surface area contributed by atoms with E-state index in [4.69, 9.17) is 23.1 Å². The van der Waals surface area contributed by atoms with Gasteiger partial charge in [-0.05, 0) is 124 Å². The highest BCUT2D eigenvalue weighted by atomic mass is 28.4. The van der Waals surface area contributed by atoms with Crippen molar-refractivity contribution >= 4 is 28.6 Å². The molecule has 0 saturated heterocycles. The summed E-state index contributed by atoms with van der Waals surface area (Å²) >= 11 is 0. The van der Waals surface area contributed by atoms with Crippen LogP contribution in [0.5, 0.6) is 0 Å². The van der Waals surface area contributed by atoms with E-state index in [0.29, 0.717) is 32.7 Å². The van der Waals surface area contributed by atoms with Crippen LogP contribution in [0.1, 0.15) is 213 Å². The van der Waals surface area contributed by atoms with Gasteiger partial charge in [-0.3, -0.25) is 14.5 Å². The van der Waals surface area contributed by atoms with Crippen LogP contribution in [0, 0.1) is 0 Å². The maximum Gasteiger partial charge on any atom is 0.306 e. The second kappa shape index (κ2) is 38.2. The van der Waals surface area contributed by atoms with Gasteiger partial charge in [-0.2, -0.15) is 0 Å². The van der Waals surface area contributed by atoms with Gasteiger partial charge in [0.1, 0.15) is 18.8 Å². The van der Waals surface area contributed by atoms with E-state index < -0.39 is 22.2 Å². The van der Waals surface area contributed by atoms with Gasteiger partial charge in [0.15, 0.2) is 16.6 Å². The van der Waals surface area contributed by atoms with E-state index in [9.17, 15) is 9.59 Å². The van der Waals surface area contributed by atoms with Gasteiger partial charge in [0.05, 0.1) is 12.2 Å². The van der Waals surface area contributed by atoms with Crippen LogP contribution in [0.25, 0.3) is 0 Å². The summed E-state index contributed by atoms with van der Waals surface area (Å²) in [6.45, 7) is 31.7. The molecule has 0 heterocycles. The van der Waals surface area contributed by atoms with Gasteiger partial charge in [0.25, 0.3) is 0 Å². The van der Waals surface area contributed by atoms with Gasteiger partial charge in [0, 0.05) is 32.5 Å². The molecule has 2 unspecified atom stereocenters. The van der Waals surface area contributed by atoms with Crippen molar-refractivity contribution in [2.75, 3.05) is 39.5 Å². The molecule has 3 aromatic carbocycles. The van der Waals surface area contributed by atoms with E-state index in [1.165, 1.54) is 51.4 Å². The maximum atomic E-state index is 12.7. The number of nitrogens with zero attached hydrogens (tertiary/aromatic N) is 1. The van der Waals surface area contributed by atoms with Crippen LogP contribution in [0.4, 0.5) is 0 Å². The van der Waals surface area contributed by atoms with Crippen LogP contribution in [0.2, 0.25) is 36.3 Å². The van der Waals surface area contributed by atoms with Crippen molar-refractivity contribution in [2.45, 2.75) is 251 Å². The van der Waals surface area contributed by atoms with Crippen LogP contribution >= 0.6 is 0 Å². The highest BCUT2D eigenvalue weighted by Gasteiger charge is 2.42. The summed E-state index contributed by atoms with van der Waals surface area (Å²) in [5.74, 6) is -0.227. The van der Waals surface area contributed by atoms with Gasteiger partial charge < -0.3 is 23.1 Å². The minimum absolute atomic E-state index is 0.0314. The van der Waals surface area contributed by atoms with Gasteiger partial charge in [0.2, 0.25) is 0 Å². The molecular weight excluding hydrogens is 1010 g/mol. The van der Waals surface area contributed by atoms with Crippen LogP contribution < -0.4 is 0 Å². The predicted molar refractivity (Wildman–Crippen MR) is 339 cm³/mol. The number of ether oxygens (including phenoxy) is 3. The average Bonchev–Trinajstić information content (AvgIpc) is 3.43. The number of rotatable bonds is 43. The second-order valence-corrected chi connectivity index (χ2v) is 34.8. The van der Waals surface area contributed by atoms with E-state index in [1.54, 1.807) is 0 Å². The van der Waals surface area contributed by atoms with Gasteiger partial charge in [-0.15, -0.1) is 0 Å². The molecule has 0 fully saturated rings. The number of unbranched alkanes of at least 4 members (excludes halogenated alkanes) is 13. The fraction of sp³-hybridized carbons (Fsp3) is 0.652. The Balaban J connectivity index is 1.84. The summed E-state index contributed by atoms with van der Waals surface area (Å²) in [6.07, 6.45) is 30.4. The molecule has 0 aliphatic carbocycles. The topological polar surface area (TPSA) is 83.5 Å². The van der Waals surface area contributed by atoms with Crippen molar-refractivity contribution in [3.63, 3.8) is 0 Å². The van der Waals surface area contributed by atoms with Crippen LogP contribution in [0.3, 0.4) is 0 Å². The zero-order valence-electron chi connectivity index (χ0n) is 52.2. The third-order valence-electron chi connectivity index (χ3n) is 16.5. The Labute approximate surface area is 485 Å². The van der Waals surface area contributed by atoms with E-state index >= 15 is 0 Å². The van der Waals surface area contributed by atoms with Crippen molar-refractivity contribution < 1.29 is 32.7 Å². The highest BCUT2D eigenvalue weighted by Crippen LogP contribution is 2.42. The molecule has 0 spiro atoms. The molecule has 3 rings (SSSR count). The number of esters is 2. The fourth-order valence-electron chi connectivity index (χ4n) is 9.64. The molecule has 10 heteroatoms. The second-order valence-electron chi connectivity index (χ2n) is 25.3. The molecule has 0 aliphatic rings. The third-order valence-corrected chi connectivity index (χ3v) is 25.5. The summed E-state index contributed by atoms with van der Waals surface area (Å²) < 4.78 is 33.3. The minimum atomic E-state index is -2.17. The standard InChI is InChI=1S/C69H113NO7Si2/c1-13-15-17-19-21-23-41-55-73-65(71)52-38-28-36-50-63(76-78(9,10)67(3,4)5)58-70(54-40-43-57-75-69(60-44-30-25-31-45-60,61-46-32-26-33-47-61)62-48-34-27-35-49-62)59-64(77-79(11,12)68(6,7)8)51-37-29-39-53-66(72)74-56-42-24-22-20-18-16-14-2/h23-27,30-35,41-42,44-49,63-64H,13-22,28-29,36-40,43,50-59H2,1-12H3/b41-23-,42-24-. The molecule has 0 saturated carbocycles. The molecule has 444 valence electrons. The summed E-state index contributed by atoms with van der Waals surface area (Å²) in [7, 11) is -4.34. The van der Waals surface area contributed by atoms with Crippen molar-refractivity contribution in [1.29, 1.82) is 0 Å². The Morgan fingerprint density at radius 3 is 1.23 bits per heavy atom. The lowest BCUT2D eigenvalue weighted by Crippen LogP contribution is -2.50. The van der Waals surface area contributed by atoms with Crippen molar-refractivity contribution in [3.05, 3.63) is 132 Å². The first-order valence-electron chi connectivity index (χ1n) is 31.3. The fourth-order valence-corrected chi connectivity index (χ4v) is 12.4. The largest absolute Gasteiger partial charge is 0.461 e. The third kappa shape index (κ3) is 27.3. The lowest BCUT2D eigenvalue weighted by atomic mass is 9.80. The first-order chi connectivity index (χ1) is 37.8. The van der Waals surface area contributed by atoms with E-state index in [-0.39, 0.29) is 34.2 Å². The molecular formula is C69H113NO7Si2. The number of hydrogen-bond donors (Lipinski definition) is 0. The van der Waals surface area contributed by atoms with E-state index in [0.717, 1.165) is 113 Å². The molecule has 0 bridgehead atoms. The first kappa shape index (κ1) is 69.6. The monoisotopic (exact) mass is 1120 g/mol. The Kier molecular flexibility index (Phi) is 33.7. The van der Waals surface area contributed by atoms with E-state index in [2.05, 4.69) is 190 Å². The normalized spacial score (nSPS) is 13.6. The van der Waals surface area contributed by atoms with Gasteiger partial charge >= 0.3 is 11.9 Å². The molecule has 0 aliphatic heterocycles. The number of carbonyl (C=O) groups is 2. The van der Waals surface area contributed by atoms with Gasteiger partial charge in [-0.25, -0.2) is 0 Å². The predicted octanol–water partition coefficient (Wildman–Crippen LogP) is 18.9. The molecule has 79 heavy (non-hydrogen) atoms. The van der Waals surface area contributed by atoms with E-state index in [1.807, 2.05) is 12.2 Å². The molecule has 2 atom stereocenters. The van der Waals surface area contributed by atoms with Crippen LogP contribution in [-0.2, 0) is 38.3 Å². The summed E-state index contributed by atoms with van der Waals surface area (Å²) in [6, 6.07) is 32.0. The van der Waals surface area contributed by atoms with Gasteiger partial charge in [-0.1, -0.05) is 235 Å². The Hall–Kier alpha value is -3.65. The summed E-state index contributed by atoms with van der Waals surface area (Å²) in [4.78, 5) is 28.1. The van der Waals surface area contributed by atoms with Crippen molar-refractivity contribution in [2.24, 2.45) is 0 Å². The molecule has 3 aromatic rings. The Morgan fingerprint density at radius 1 is 0.481 bits per heavy atom. The molecule has 8 nitrogen and oxygen atoms in total. The number of benzene rings is 3. The first-order valence-corrected chi connectivity index (χ1v) is 37.1. The molecule has 0 amide bonds. The molecule has 0 radical (unpaired) electrons. The lowest BCUT2D eigenvalue weighted by Gasteiger charge is -2.42. The van der Waals surface area contributed by atoms with Crippen molar-refractivity contribution in [1.82, 2.24) is 4.90 Å². The zero-order chi connectivity index (χ0) is 57.9. The quantitative estimate of drug-likeness (QED) is 0.0182.